The highest BCUT2D eigenvalue weighted by molar-refractivity contribution is 6.17. The molecule has 0 atom stereocenters. The van der Waals surface area contributed by atoms with Gasteiger partial charge in [-0.15, -0.1) is 24.0 Å². The summed E-state index contributed by atoms with van der Waals surface area (Å²) in [5.74, 6) is 0.354. The van der Waals surface area contributed by atoms with Crippen molar-refractivity contribution in [3.63, 3.8) is 0 Å². The Morgan fingerprint density at radius 2 is 1.94 bits per heavy atom. The van der Waals surface area contributed by atoms with E-state index >= 15 is 0 Å². The minimum atomic E-state index is 0. The summed E-state index contributed by atoms with van der Waals surface area (Å²) in [5, 5.41) is 4.27. The second-order valence-electron chi connectivity index (χ2n) is 3.74. The molecule has 92 valence electrons. The summed E-state index contributed by atoms with van der Waals surface area (Å²) >= 11 is 5.85. The second kappa shape index (κ2) is 5.98. The number of alkyl halides is 1. The first-order valence-corrected chi connectivity index (χ1v) is 5.67. The summed E-state index contributed by atoms with van der Waals surface area (Å²) < 4.78 is 1.92. The molecule has 0 aliphatic carbocycles. The molecule has 2 rings (SSSR count). The summed E-state index contributed by atoms with van der Waals surface area (Å²) in [6.45, 7) is 4.15. The Morgan fingerprint density at radius 3 is 2.59 bits per heavy atom. The van der Waals surface area contributed by atoms with E-state index in [1.54, 1.807) is 18.6 Å². The molecular formula is C11H14Cl2N4. The zero-order valence-corrected chi connectivity index (χ0v) is 11.2. The van der Waals surface area contributed by atoms with E-state index in [9.17, 15) is 0 Å². The lowest BCUT2D eigenvalue weighted by Crippen LogP contribution is -2.06. The number of halogens is 2. The molecular weight excluding hydrogens is 259 g/mol. The van der Waals surface area contributed by atoms with Crippen LogP contribution >= 0.6 is 24.0 Å². The molecule has 0 radical (unpaired) electrons. The molecule has 2 aromatic heterocycles. The van der Waals surface area contributed by atoms with Gasteiger partial charge in [-0.2, -0.15) is 5.10 Å². The van der Waals surface area contributed by atoms with Gasteiger partial charge >= 0.3 is 0 Å². The highest BCUT2D eigenvalue weighted by Crippen LogP contribution is 2.22. The summed E-state index contributed by atoms with van der Waals surface area (Å²) in [6.07, 6.45) is 5.09. The van der Waals surface area contributed by atoms with Crippen LogP contribution in [0.15, 0.2) is 24.7 Å². The molecule has 0 N–H and O–H groups in total. The van der Waals surface area contributed by atoms with Gasteiger partial charge < -0.3 is 0 Å². The van der Waals surface area contributed by atoms with Crippen molar-refractivity contribution in [2.45, 2.75) is 25.8 Å². The zero-order chi connectivity index (χ0) is 11.5. The average Bonchev–Trinajstić information content (AvgIpc) is 2.77. The Hall–Kier alpha value is -1.13. The van der Waals surface area contributed by atoms with Crippen LogP contribution < -0.4 is 0 Å². The Labute approximate surface area is 111 Å². The van der Waals surface area contributed by atoms with Crippen molar-refractivity contribution in [1.82, 2.24) is 19.7 Å². The minimum Gasteiger partial charge on any atom is -0.261 e. The fourth-order valence-electron chi connectivity index (χ4n) is 1.59. The zero-order valence-electron chi connectivity index (χ0n) is 9.67. The lowest BCUT2D eigenvalue weighted by Gasteiger charge is -2.11. The summed E-state index contributed by atoms with van der Waals surface area (Å²) in [6, 6.07) is 2.22. The molecule has 0 aliphatic heterocycles. The van der Waals surface area contributed by atoms with Gasteiger partial charge in [0.05, 0.1) is 17.3 Å². The first kappa shape index (κ1) is 13.9. The predicted molar refractivity (Wildman–Crippen MR) is 70.4 cm³/mol. The van der Waals surface area contributed by atoms with Crippen molar-refractivity contribution in [2.24, 2.45) is 0 Å². The van der Waals surface area contributed by atoms with Gasteiger partial charge in [0.25, 0.3) is 0 Å². The largest absolute Gasteiger partial charge is 0.261 e. The fourth-order valence-corrected chi connectivity index (χ4v) is 1.79. The predicted octanol–water partition coefficient (Wildman–Crippen LogP) is 3.08. The molecule has 0 aromatic carbocycles. The lowest BCUT2D eigenvalue weighted by atomic mass is 10.2. The van der Waals surface area contributed by atoms with Crippen LogP contribution in [0.3, 0.4) is 0 Å². The standard InChI is InChI=1S/C11H13ClN4.ClH/c1-8(2)16-10(3-4-15-16)11-9(7-12)13-5-6-14-11;/h3-6,8H,7H2,1-2H3;1H. The van der Waals surface area contributed by atoms with Crippen LogP contribution in [0.5, 0.6) is 0 Å². The number of nitrogens with zero attached hydrogens (tertiary/aromatic N) is 4. The van der Waals surface area contributed by atoms with Crippen molar-refractivity contribution in [1.29, 1.82) is 0 Å². The minimum absolute atomic E-state index is 0. The molecule has 0 unspecified atom stereocenters. The first-order valence-electron chi connectivity index (χ1n) is 5.13. The van der Waals surface area contributed by atoms with Gasteiger partial charge in [0.1, 0.15) is 5.69 Å². The molecule has 2 aromatic rings. The van der Waals surface area contributed by atoms with Crippen LogP contribution in [0, 0.1) is 0 Å². The quantitative estimate of drug-likeness (QED) is 0.807. The van der Waals surface area contributed by atoms with Crippen LogP contribution in [0.2, 0.25) is 0 Å². The van der Waals surface area contributed by atoms with Gasteiger partial charge in [-0.05, 0) is 19.9 Å². The lowest BCUT2D eigenvalue weighted by molar-refractivity contribution is 0.537. The molecule has 17 heavy (non-hydrogen) atoms. The third-order valence-electron chi connectivity index (χ3n) is 2.30. The summed E-state index contributed by atoms with van der Waals surface area (Å²) in [5.41, 5.74) is 2.55. The van der Waals surface area contributed by atoms with E-state index in [1.807, 2.05) is 10.7 Å². The smallest absolute Gasteiger partial charge is 0.111 e. The Kier molecular flexibility index (Phi) is 4.90. The normalized spacial score (nSPS) is 10.4. The van der Waals surface area contributed by atoms with Crippen molar-refractivity contribution >= 4 is 24.0 Å². The van der Waals surface area contributed by atoms with E-state index in [0.717, 1.165) is 17.1 Å². The third kappa shape index (κ3) is 2.76. The first-order chi connectivity index (χ1) is 7.74. The second-order valence-corrected chi connectivity index (χ2v) is 4.01. The Balaban J connectivity index is 0.00000144. The highest BCUT2D eigenvalue weighted by atomic mass is 35.5. The van der Waals surface area contributed by atoms with E-state index in [1.165, 1.54) is 0 Å². The molecule has 0 amide bonds. The molecule has 2 heterocycles. The molecule has 0 fully saturated rings. The third-order valence-corrected chi connectivity index (χ3v) is 2.56. The van der Waals surface area contributed by atoms with E-state index in [4.69, 9.17) is 11.6 Å². The fraction of sp³-hybridized carbons (Fsp3) is 0.364. The number of aromatic nitrogens is 4. The molecule has 0 aliphatic rings. The maximum Gasteiger partial charge on any atom is 0.111 e. The van der Waals surface area contributed by atoms with E-state index in [0.29, 0.717) is 5.88 Å². The van der Waals surface area contributed by atoms with Crippen LogP contribution in [0.25, 0.3) is 11.4 Å². The molecule has 4 nitrogen and oxygen atoms in total. The monoisotopic (exact) mass is 272 g/mol. The van der Waals surface area contributed by atoms with Gasteiger partial charge in [0.15, 0.2) is 0 Å². The number of rotatable bonds is 3. The van der Waals surface area contributed by atoms with Gasteiger partial charge in [-0.1, -0.05) is 0 Å². The molecule has 0 spiro atoms. The Morgan fingerprint density at radius 1 is 1.24 bits per heavy atom. The number of hydrogen-bond acceptors (Lipinski definition) is 3. The van der Waals surface area contributed by atoms with Crippen LogP contribution in [0.4, 0.5) is 0 Å². The van der Waals surface area contributed by atoms with Crippen molar-refractivity contribution < 1.29 is 0 Å². The maximum absolute atomic E-state index is 5.85. The van der Waals surface area contributed by atoms with Crippen LogP contribution in [-0.4, -0.2) is 19.7 Å². The summed E-state index contributed by atoms with van der Waals surface area (Å²) in [4.78, 5) is 8.55. The average molecular weight is 273 g/mol. The molecule has 0 saturated heterocycles. The van der Waals surface area contributed by atoms with Gasteiger partial charge in [-0.25, -0.2) is 0 Å². The van der Waals surface area contributed by atoms with Gasteiger partial charge in [-0.3, -0.25) is 14.6 Å². The van der Waals surface area contributed by atoms with E-state index in [2.05, 4.69) is 28.9 Å². The highest BCUT2D eigenvalue weighted by Gasteiger charge is 2.13. The van der Waals surface area contributed by atoms with Crippen molar-refractivity contribution in [3.8, 4) is 11.4 Å². The maximum atomic E-state index is 5.85. The van der Waals surface area contributed by atoms with Crippen LogP contribution in [0.1, 0.15) is 25.6 Å². The van der Waals surface area contributed by atoms with E-state index < -0.39 is 0 Å². The SMILES string of the molecule is CC(C)n1nccc1-c1nccnc1CCl.Cl. The topological polar surface area (TPSA) is 43.6 Å². The van der Waals surface area contributed by atoms with E-state index in [-0.39, 0.29) is 18.4 Å². The van der Waals surface area contributed by atoms with Crippen molar-refractivity contribution in [3.05, 3.63) is 30.4 Å². The molecule has 0 saturated carbocycles. The van der Waals surface area contributed by atoms with Crippen molar-refractivity contribution in [2.75, 3.05) is 0 Å². The van der Waals surface area contributed by atoms with Gasteiger partial charge in [0.2, 0.25) is 0 Å². The molecule has 6 heteroatoms. The Bertz CT molecular complexity index is 482. The molecule has 0 bridgehead atoms. The number of hydrogen-bond donors (Lipinski definition) is 0. The summed E-state index contributed by atoms with van der Waals surface area (Å²) in [7, 11) is 0. The van der Waals surface area contributed by atoms with Gasteiger partial charge in [0, 0.05) is 24.6 Å². The van der Waals surface area contributed by atoms with Crippen LogP contribution in [-0.2, 0) is 5.88 Å².